The molecule has 0 saturated heterocycles. The molecule has 0 aliphatic carbocycles. The number of rotatable bonds is 10. The van der Waals surface area contributed by atoms with Crippen molar-refractivity contribution in [2.24, 2.45) is 0 Å². The molecule has 0 atom stereocenters. The molecule has 0 saturated carbocycles. The lowest BCUT2D eigenvalue weighted by molar-refractivity contribution is -0.118. The van der Waals surface area contributed by atoms with Crippen LogP contribution in [0.3, 0.4) is 0 Å². The van der Waals surface area contributed by atoms with E-state index in [1.165, 1.54) is 26.2 Å². The Balaban J connectivity index is 1.75. The average molecular weight is 384 g/mol. The van der Waals surface area contributed by atoms with Crippen LogP contribution in [0.1, 0.15) is 39.5 Å². The summed E-state index contributed by atoms with van der Waals surface area (Å²) in [6.45, 7) is 4.31. The Bertz CT molecular complexity index is 745. The predicted octanol–water partition coefficient (Wildman–Crippen LogP) is 4.75. The molecule has 0 unspecified atom stereocenters. The lowest BCUT2D eigenvalue weighted by Crippen LogP contribution is -2.26. The second kappa shape index (κ2) is 11.5. The Morgan fingerprint density at radius 1 is 0.821 bits per heavy atom. The zero-order valence-corrected chi connectivity index (χ0v) is 16.4. The van der Waals surface area contributed by atoms with Gasteiger partial charge < -0.3 is 15.4 Å². The number of ether oxygens (including phenoxy) is 1. The van der Waals surface area contributed by atoms with E-state index in [2.05, 4.69) is 28.4 Å². The highest BCUT2D eigenvalue weighted by atomic mass is 16.5. The number of benzene rings is 2. The van der Waals surface area contributed by atoms with Gasteiger partial charge in [0.05, 0.1) is 12.3 Å². The van der Waals surface area contributed by atoms with Gasteiger partial charge in [-0.05, 0) is 55.0 Å². The largest absolute Gasteiger partial charge is 0.494 e. The molecule has 2 aromatic carbocycles. The van der Waals surface area contributed by atoms with E-state index in [9.17, 15) is 9.59 Å². The molecule has 0 heterocycles. The second-order valence-electron chi connectivity index (χ2n) is 6.40. The number of hydrogen-bond acceptors (Lipinski definition) is 4. The molecule has 4 N–H and O–H groups in total. The molecule has 0 aliphatic rings. The first-order valence-corrected chi connectivity index (χ1v) is 9.50. The monoisotopic (exact) mass is 384 g/mol. The van der Waals surface area contributed by atoms with Gasteiger partial charge in [0.2, 0.25) is 5.91 Å². The van der Waals surface area contributed by atoms with Crippen LogP contribution in [0.2, 0.25) is 0 Å². The fourth-order valence-electron chi connectivity index (χ4n) is 2.44. The lowest BCUT2D eigenvalue weighted by Gasteiger charge is -2.10. The minimum Gasteiger partial charge on any atom is -0.494 e. The standard InChI is InChI=1S/C21H28N4O3/c1-3-4-5-6-15-28-20-13-11-18(12-14-20)23-21(27)22-17-7-9-19(10-8-17)25-24-16(2)26/h7-14,25H,3-6,15H2,1-2H3,(H,24,26)(H2,22,23,27). The van der Waals surface area contributed by atoms with Crippen molar-refractivity contribution < 1.29 is 14.3 Å². The Kier molecular flexibility index (Phi) is 8.65. The van der Waals surface area contributed by atoms with Gasteiger partial charge in [-0.3, -0.25) is 15.6 Å². The summed E-state index contributed by atoms with van der Waals surface area (Å²) in [5, 5.41) is 5.53. The minimum atomic E-state index is -0.337. The van der Waals surface area contributed by atoms with Crippen molar-refractivity contribution in [2.45, 2.75) is 39.5 Å². The average Bonchev–Trinajstić information content (AvgIpc) is 2.68. The van der Waals surface area contributed by atoms with Crippen LogP contribution < -0.4 is 26.2 Å². The third-order valence-electron chi connectivity index (χ3n) is 3.90. The van der Waals surface area contributed by atoms with Crippen molar-refractivity contribution in [2.75, 3.05) is 22.7 Å². The number of carbonyl (C=O) groups excluding carboxylic acids is 2. The van der Waals surface area contributed by atoms with Crippen molar-refractivity contribution >= 4 is 29.0 Å². The summed E-state index contributed by atoms with van der Waals surface area (Å²) in [7, 11) is 0. The molecule has 0 fully saturated rings. The fourth-order valence-corrected chi connectivity index (χ4v) is 2.44. The van der Waals surface area contributed by atoms with E-state index >= 15 is 0 Å². The van der Waals surface area contributed by atoms with Crippen molar-refractivity contribution in [3.05, 3.63) is 48.5 Å². The topological polar surface area (TPSA) is 91.5 Å². The van der Waals surface area contributed by atoms with E-state index in [4.69, 9.17) is 4.74 Å². The van der Waals surface area contributed by atoms with Crippen molar-refractivity contribution in [3.63, 3.8) is 0 Å². The maximum absolute atomic E-state index is 12.1. The Morgan fingerprint density at radius 2 is 1.39 bits per heavy atom. The Labute approximate surface area is 165 Å². The zero-order valence-electron chi connectivity index (χ0n) is 16.4. The van der Waals surface area contributed by atoms with Gasteiger partial charge in [0.1, 0.15) is 5.75 Å². The molecule has 0 bridgehead atoms. The van der Waals surface area contributed by atoms with E-state index in [0.29, 0.717) is 23.7 Å². The van der Waals surface area contributed by atoms with E-state index in [1.807, 2.05) is 12.1 Å². The number of nitrogens with one attached hydrogen (secondary N) is 4. The number of hydrogen-bond donors (Lipinski definition) is 4. The molecule has 0 aliphatic heterocycles. The number of hydrazine groups is 1. The Hall–Kier alpha value is -3.22. The summed E-state index contributed by atoms with van der Waals surface area (Å²) in [6, 6.07) is 13.9. The first-order valence-electron chi connectivity index (χ1n) is 9.50. The van der Waals surface area contributed by atoms with Gasteiger partial charge in [-0.15, -0.1) is 0 Å². The first-order chi connectivity index (χ1) is 13.6. The number of urea groups is 1. The summed E-state index contributed by atoms with van der Waals surface area (Å²) >= 11 is 0. The number of carbonyl (C=O) groups is 2. The minimum absolute atomic E-state index is 0.186. The molecule has 0 spiro atoms. The third kappa shape index (κ3) is 7.99. The van der Waals surface area contributed by atoms with E-state index < -0.39 is 0 Å². The molecule has 2 rings (SSSR count). The van der Waals surface area contributed by atoms with Crippen LogP contribution in [0.25, 0.3) is 0 Å². The maximum Gasteiger partial charge on any atom is 0.323 e. The van der Waals surface area contributed by atoms with Gasteiger partial charge in [0.15, 0.2) is 0 Å². The normalized spacial score (nSPS) is 10.1. The lowest BCUT2D eigenvalue weighted by atomic mass is 10.2. The smallest absolute Gasteiger partial charge is 0.323 e. The van der Waals surface area contributed by atoms with Crippen LogP contribution in [-0.2, 0) is 4.79 Å². The first kappa shape index (κ1) is 21.1. The van der Waals surface area contributed by atoms with E-state index in [0.717, 1.165) is 12.2 Å². The molecular weight excluding hydrogens is 356 g/mol. The van der Waals surface area contributed by atoms with Gasteiger partial charge in [0.25, 0.3) is 0 Å². The quantitative estimate of drug-likeness (QED) is 0.351. The SMILES string of the molecule is CCCCCCOc1ccc(NC(=O)Nc2ccc(NNC(C)=O)cc2)cc1. The van der Waals surface area contributed by atoms with Crippen LogP contribution in [0.4, 0.5) is 21.9 Å². The number of unbranched alkanes of at least 4 members (excludes halogenated alkanes) is 3. The number of anilines is 3. The third-order valence-corrected chi connectivity index (χ3v) is 3.90. The van der Waals surface area contributed by atoms with E-state index in [1.54, 1.807) is 36.4 Å². The van der Waals surface area contributed by atoms with Crippen molar-refractivity contribution in [3.8, 4) is 5.75 Å². The molecule has 7 heteroatoms. The highest BCUT2D eigenvalue weighted by molar-refractivity contribution is 5.99. The second-order valence-corrected chi connectivity index (χ2v) is 6.40. The van der Waals surface area contributed by atoms with Crippen molar-refractivity contribution in [1.82, 2.24) is 5.43 Å². The van der Waals surface area contributed by atoms with E-state index in [-0.39, 0.29) is 11.9 Å². The van der Waals surface area contributed by atoms with Crippen LogP contribution in [0.15, 0.2) is 48.5 Å². The summed E-state index contributed by atoms with van der Waals surface area (Å²) in [5.41, 5.74) is 7.27. The van der Waals surface area contributed by atoms with Gasteiger partial charge >= 0.3 is 6.03 Å². The zero-order chi connectivity index (χ0) is 20.2. The molecule has 0 aromatic heterocycles. The fraction of sp³-hybridized carbons (Fsp3) is 0.333. The van der Waals surface area contributed by atoms with Crippen LogP contribution in [-0.4, -0.2) is 18.5 Å². The molecule has 7 nitrogen and oxygen atoms in total. The van der Waals surface area contributed by atoms with Gasteiger partial charge in [0, 0.05) is 18.3 Å². The van der Waals surface area contributed by atoms with Crippen LogP contribution in [0, 0.1) is 0 Å². The molecule has 3 amide bonds. The number of amides is 3. The van der Waals surface area contributed by atoms with Gasteiger partial charge in [-0.2, -0.15) is 0 Å². The van der Waals surface area contributed by atoms with Crippen molar-refractivity contribution in [1.29, 1.82) is 0 Å². The predicted molar refractivity (Wildman–Crippen MR) is 113 cm³/mol. The molecule has 2 aromatic rings. The molecule has 28 heavy (non-hydrogen) atoms. The summed E-state index contributed by atoms with van der Waals surface area (Å²) < 4.78 is 5.69. The van der Waals surface area contributed by atoms with Gasteiger partial charge in [-0.1, -0.05) is 26.2 Å². The summed E-state index contributed by atoms with van der Waals surface area (Å²) in [5.74, 6) is 0.610. The highest BCUT2D eigenvalue weighted by Gasteiger charge is 2.04. The molecular formula is C21H28N4O3. The summed E-state index contributed by atoms with van der Waals surface area (Å²) in [4.78, 5) is 23.0. The van der Waals surface area contributed by atoms with Crippen LogP contribution >= 0.6 is 0 Å². The highest BCUT2D eigenvalue weighted by Crippen LogP contribution is 2.17. The van der Waals surface area contributed by atoms with Crippen LogP contribution in [0.5, 0.6) is 5.75 Å². The van der Waals surface area contributed by atoms with Gasteiger partial charge in [-0.25, -0.2) is 4.79 Å². The Morgan fingerprint density at radius 3 is 1.96 bits per heavy atom. The molecule has 0 radical (unpaired) electrons. The maximum atomic E-state index is 12.1. The summed E-state index contributed by atoms with van der Waals surface area (Å²) in [6.07, 6.45) is 4.67. The molecule has 150 valence electrons.